The van der Waals surface area contributed by atoms with E-state index in [1.54, 1.807) is 10.7 Å². The molecule has 0 spiro atoms. The van der Waals surface area contributed by atoms with Crippen molar-refractivity contribution in [1.82, 2.24) is 14.7 Å². The number of rotatable bonds is 6. The van der Waals surface area contributed by atoms with Gasteiger partial charge in [0.1, 0.15) is 0 Å². The maximum Gasteiger partial charge on any atom is 0.267 e. The quantitative estimate of drug-likeness (QED) is 0.792. The molecule has 0 radical (unpaired) electrons. The molecule has 4 heteroatoms. The maximum absolute atomic E-state index is 12.0. The summed E-state index contributed by atoms with van der Waals surface area (Å²) in [7, 11) is 4.10. The second-order valence-corrected chi connectivity index (χ2v) is 6.09. The Bertz CT molecular complexity index is 463. The van der Waals surface area contributed by atoms with Gasteiger partial charge in [-0.15, -0.1) is 0 Å². The molecule has 0 amide bonds. The largest absolute Gasteiger partial charge is 0.309 e. The monoisotopic (exact) mass is 265 g/mol. The lowest BCUT2D eigenvalue weighted by atomic mass is 10.1. The first kappa shape index (κ1) is 15.9. The summed E-state index contributed by atoms with van der Waals surface area (Å²) in [5, 5.41) is 4.57. The normalized spacial score (nSPS) is 13.3. The number of aromatic nitrogens is 2. The number of likely N-dealkylation sites (N-methyl/N-ethyl adjacent to an activating group) is 1. The van der Waals surface area contributed by atoms with Crippen molar-refractivity contribution in [1.29, 1.82) is 0 Å². The molecule has 1 heterocycles. The van der Waals surface area contributed by atoms with E-state index in [0.29, 0.717) is 5.92 Å². The predicted molar refractivity (Wildman–Crippen MR) is 79.7 cm³/mol. The Morgan fingerprint density at radius 3 is 2.47 bits per heavy atom. The molecule has 0 N–H and O–H groups in total. The lowest BCUT2D eigenvalue weighted by molar-refractivity contribution is 0.372. The molecule has 1 aromatic heterocycles. The Labute approximate surface area is 116 Å². The van der Waals surface area contributed by atoms with E-state index in [-0.39, 0.29) is 11.6 Å². The highest BCUT2D eigenvalue weighted by molar-refractivity contribution is 5.16. The lowest BCUT2D eigenvalue weighted by Gasteiger charge is -2.18. The molecule has 1 atom stereocenters. The molecule has 0 bridgehead atoms. The van der Waals surface area contributed by atoms with Gasteiger partial charge in [-0.1, -0.05) is 13.8 Å². The molecule has 0 unspecified atom stereocenters. The average Bonchev–Trinajstić information content (AvgIpc) is 2.26. The van der Waals surface area contributed by atoms with Crippen LogP contribution < -0.4 is 5.56 Å². The van der Waals surface area contributed by atoms with Crippen LogP contribution in [0.3, 0.4) is 0 Å². The van der Waals surface area contributed by atoms with Gasteiger partial charge in [-0.3, -0.25) is 4.79 Å². The summed E-state index contributed by atoms with van der Waals surface area (Å²) in [5.74, 6) is 0.565. The van der Waals surface area contributed by atoms with E-state index in [1.807, 2.05) is 21.0 Å². The molecule has 0 fully saturated rings. The minimum Gasteiger partial charge on any atom is -0.309 e. The molecule has 1 rings (SSSR count). The third-order valence-electron chi connectivity index (χ3n) is 3.28. The molecule has 0 saturated heterocycles. The Hall–Kier alpha value is -1.16. The third kappa shape index (κ3) is 4.78. The topological polar surface area (TPSA) is 38.1 Å². The van der Waals surface area contributed by atoms with Gasteiger partial charge in [-0.2, -0.15) is 5.10 Å². The van der Waals surface area contributed by atoms with Crippen LogP contribution >= 0.6 is 0 Å². The van der Waals surface area contributed by atoms with E-state index in [0.717, 1.165) is 30.6 Å². The highest BCUT2D eigenvalue weighted by Gasteiger charge is 2.12. The zero-order valence-electron chi connectivity index (χ0n) is 13.1. The summed E-state index contributed by atoms with van der Waals surface area (Å²) in [6.07, 6.45) is 1.86. The summed E-state index contributed by atoms with van der Waals surface area (Å²) < 4.78 is 1.65. The predicted octanol–water partition coefficient (Wildman–Crippen LogP) is 2.26. The summed E-state index contributed by atoms with van der Waals surface area (Å²) >= 11 is 0. The van der Waals surface area contributed by atoms with Crippen molar-refractivity contribution in [3.05, 3.63) is 27.7 Å². The number of hydrogen-bond donors (Lipinski definition) is 0. The van der Waals surface area contributed by atoms with E-state index in [9.17, 15) is 4.79 Å². The highest BCUT2D eigenvalue weighted by atomic mass is 16.1. The van der Waals surface area contributed by atoms with Gasteiger partial charge in [0.05, 0.1) is 11.7 Å². The number of nitrogens with zero attached hydrogens (tertiary/aromatic N) is 3. The second-order valence-electron chi connectivity index (χ2n) is 6.09. The number of hydrogen-bond acceptors (Lipinski definition) is 3. The summed E-state index contributed by atoms with van der Waals surface area (Å²) in [6, 6.07) is 1.88. The Morgan fingerprint density at radius 2 is 1.95 bits per heavy atom. The lowest BCUT2D eigenvalue weighted by Crippen LogP contribution is -2.29. The van der Waals surface area contributed by atoms with E-state index in [1.165, 1.54) is 0 Å². The fourth-order valence-electron chi connectivity index (χ4n) is 2.27. The molecule has 0 aliphatic heterocycles. The van der Waals surface area contributed by atoms with Gasteiger partial charge in [-0.05, 0) is 45.8 Å². The summed E-state index contributed by atoms with van der Waals surface area (Å²) in [5.41, 5.74) is 2.04. The van der Waals surface area contributed by atoms with Crippen molar-refractivity contribution in [3.8, 4) is 0 Å². The first-order valence-corrected chi connectivity index (χ1v) is 7.05. The third-order valence-corrected chi connectivity index (χ3v) is 3.28. The molecule has 0 saturated carbocycles. The smallest absolute Gasteiger partial charge is 0.267 e. The van der Waals surface area contributed by atoms with Gasteiger partial charge in [0.25, 0.3) is 5.56 Å². The average molecular weight is 265 g/mol. The number of aryl methyl sites for hydroxylation is 1. The highest BCUT2D eigenvalue weighted by Crippen LogP contribution is 2.14. The van der Waals surface area contributed by atoms with Crippen LogP contribution in [0.2, 0.25) is 0 Å². The van der Waals surface area contributed by atoms with Crippen LogP contribution in [0.4, 0.5) is 0 Å². The van der Waals surface area contributed by atoms with Gasteiger partial charge < -0.3 is 4.90 Å². The molecular weight excluding hydrogens is 238 g/mol. The van der Waals surface area contributed by atoms with Crippen molar-refractivity contribution in [2.24, 2.45) is 5.92 Å². The maximum atomic E-state index is 12.0. The van der Waals surface area contributed by atoms with E-state index in [4.69, 9.17) is 0 Å². The van der Waals surface area contributed by atoms with Crippen LogP contribution in [0.5, 0.6) is 0 Å². The summed E-state index contributed by atoms with van der Waals surface area (Å²) in [4.78, 5) is 14.2. The fraction of sp³-hybridized carbons (Fsp3) is 0.733. The standard InChI is InChI=1S/C15H27N3O/c1-11(2)9-13(4)18-15(19)10-12(3)14(16-18)7-8-17(5)6/h10-11,13H,7-9H2,1-6H3/t13-/m0/s1. The van der Waals surface area contributed by atoms with Crippen LogP contribution in [-0.4, -0.2) is 35.3 Å². The molecule has 19 heavy (non-hydrogen) atoms. The SMILES string of the molecule is Cc1cc(=O)n([C@@H](C)CC(C)C)nc1CCN(C)C. The van der Waals surface area contributed by atoms with Crippen LogP contribution in [0.15, 0.2) is 10.9 Å². The van der Waals surface area contributed by atoms with Crippen molar-refractivity contribution < 1.29 is 0 Å². The minimum atomic E-state index is 0.0132. The van der Waals surface area contributed by atoms with Gasteiger partial charge in [0.15, 0.2) is 0 Å². The Balaban J connectivity index is 2.98. The summed E-state index contributed by atoms with van der Waals surface area (Å²) in [6.45, 7) is 9.33. The van der Waals surface area contributed by atoms with Crippen molar-refractivity contribution >= 4 is 0 Å². The second kappa shape index (κ2) is 6.85. The molecule has 0 aliphatic carbocycles. The molecule has 0 aliphatic rings. The van der Waals surface area contributed by atoms with Gasteiger partial charge in [0, 0.05) is 19.0 Å². The minimum absolute atomic E-state index is 0.0132. The zero-order valence-corrected chi connectivity index (χ0v) is 13.1. The van der Waals surface area contributed by atoms with Gasteiger partial charge in [-0.25, -0.2) is 4.68 Å². The van der Waals surface area contributed by atoms with Crippen LogP contribution in [0.1, 0.15) is 44.5 Å². The molecule has 0 aromatic carbocycles. The van der Waals surface area contributed by atoms with Crippen molar-refractivity contribution in [3.63, 3.8) is 0 Å². The van der Waals surface area contributed by atoms with Gasteiger partial charge >= 0.3 is 0 Å². The van der Waals surface area contributed by atoms with Crippen LogP contribution in [0.25, 0.3) is 0 Å². The van der Waals surface area contributed by atoms with Crippen LogP contribution in [-0.2, 0) is 6.42 Å². The first-order valence-electron chi connectivity index (χ1n) is 7.05. The Morgan fingerprint density at radius 1 is 1.32 bits per heavy atom. The Kier molecular flexibility index (Phi) is 5.73. The van der Waals surface area contributed by atoms with Crippen LogP contribution in [0, 0.1) is 12.8 Å². The van der Waals surface area contributed by atoms with Gasteiger partial charge in [0.2, 0.25) is 0 Å². The molecular formula is C15H27N3O. The van der Waals surface area contributed by atoms with E-state index >= 15 is 0 Å². The molecule has 1 aromatic rings. The van der Waals surface area contributed by atoms with E-state index < -0.39 is 0 Å². The molecule has 4 nitrogen and oxygen atoms in total. The first-order chi connectivity index (χ1) is 8.81. The van der Waals surface area contributed by atoms with Crippen molar-refractivity contribution in [2.75, 3.05) is 20.6 Å². The van der Waals surface area contributed by atoms with E-state index in [2.05, 4.69) is 30.8 Å². The van der Waals surface area contributed by atoms with Crippen molar-refractivity contribution in [2.45, 2.75) is 46.6 Å². The fourth-order valence-corrected chi connectivity index (χ4v) is 2.27. The zero-order chi connectivity index (χ0) is 14.6. The molecule has 108 valence electrons.